The molecule has 4 heteroatoms. The first-order valence-corrected chi connectivity index (χ1v) is 19.5. The Morgan fingerprint density at radius 1 is 0.688 bits per heavy atom. The molecule has 3 fully saturated rings. The lowest BCUT2D eigenvalue weighted by Crippen LogP contribution is -2.40. The zero-order valence-corrected chi connectivity index (χ0v) is 22.8. The molecule has 0 heterocycles. The van der Waals surface area contributed by atoms with Crippen molar-refractivity contribution >= 4 is 16.6 Å². The lowest BCUT2D eigenvalue weighted by atomic mass is 9.59. The lowest BCUT2D eigenvalue weighted by molar-refractivity contribution is 0.181. The Morgan fingerprint density at radius 3 is 1.62 bits per heavy atom. The maximum atomic E-state index is 6.28. The molecule has 0 aromatic heterocycles. The summed E-state index contributed by atoms with van der Waals surface area (Å²) in [5.74, 6) is 5.62. The molecule has 3 aliphatic rings. The Morgan fingerprint density at radius 2 is 1.16 bits per heavy atom. The van der Waals surface area contributed by atoms with E-state index in [0.717, 1.165) is 35.2 Å². The Bertz CT molecular complexity index is 893. The van der Waals surface area contributed by atoms with Crippen LogP contribution in [0.2, 0.25) is 39.3 Å². The van der Waals surface area contributed by atoms with E-state index in [9.17, 15) is 0 Å². The summed E-state index contributed by atoms with van der Waals surface area (Å²) in [6.45, 7) is 13.5. The maximum Gasteiger partial charge on any atom is 0.242 e. The second-order valence-electron chi connectivity index (χ2n) is 12.5. The summed E-state index contributed by atoms with van der Waals surface area (Å²) in [6.07, 6.45) is 7.05. The van der Waals surface area contributed by atoms with Crippen LogP contribution < -0.4 is 8.85 Å². The number of hydrogen-bond acceptors (Lipinski definition) is 2. The van der Waals surface area contributed by atoms with Crippen LogP contribution in [0.3, 0.4) is 0 Å². The summed E-state index contributed by atoms with van der Waals surface area (Å²) in [5.41, 5.74) is 3.14. The van der Waals surface area contributed by atoms with Gasteiger partial charge >= 0.3 is 0 Å². The molecule has 32 heavy (non-hydrogen) atoms. The first-order chi connectivity index (χ1) is 15.1. The molecule has 172 valence electrons. The van der Waals surface area contributed by atoms with Gasteiger partial charge in [-0.3, -0.25) is 0 Å². The monoisotopic (exact) mass is 464 g/mol. The fourth-order valence-electron chi connectivity index (χ4n) is 7.32. The van der Waals surface area contributed by atoms with Crippen LogP contribution in [0.4, 0.5) is 0 Å². The summed E-state index contributed by atoms with van der Waals surface area (Å²) in [6, 6.07) is 18.5. The molecule has 5 rings (SSSR count). The highest BCUT2D eigenvalue weighted by atomic mass is 28.4. The van der Waals surface area contributed by atoms with E-state index in [4.69, 9.17) is 8.85 Å². The fraction of sp³-hybridized carbons (Fsp3) is 0.571. The highest BCUT2D eigenvalue weighted by Crippen LogP contribution is 2.68. The molecule has 4 atom stereocenters. The summed E-state index contributed by atoms with van der Waals surface area (Å²) in [5, 5.41) is 0. The second-order valence-corrected chi connectivity index (χ2v) is 21.4. The number of benzene rings is 2. The highest BCUT2D eigenvalue weighted by molar-refractivity contribution is 6.70. The minimum Gasteiger partial charge on any atom is -0.544 e. The van der Waals surface area contributed by atoms with E-state index in [1.165, 1.54) is 43.2 Å². The summed E-state index contributed by atoms with van der Waals surface area (Å²) in [4.78, 5) is 0. The van der Waals surface area contributed by atoms with Crippen molar-refractivity contribution in [2.45, 2.75) is 76.8 Å². The third-order valence-corrected chi connectivity index (χ3v) is 9.80. The van der Waals surface area contributed by atoms with Crippen LogP contribution in [-0.2, 0) is 5.41 Å². The van der Waals surface area contributed by atoms with Crippen molar-refractivity contribution in [1.29, 1.82) is 0 Å². The molecule has 0 amide bonds. The van der Waals surface area contributed by atoms with Crippen molar-refractivity contribution in [2.75, 3.05) is 0 Å². The predicted octanol–water partition coefficient (Wildman–Crippen LogP) is 7.86. The second kappa shape index (κ2) is 7.77. The molecule has 4 unspecified atom stereocenters. The van der Waals surface area contributed by atoms with Crippen molar-refractivity contribution in [2.24, 2.45) is 23.7 Å². The van der Waals surface area contributed by atoms with Gasteiger partial charge in [-0.2, -0.15) is 0 Å². The molecule has 3 saturated carbocycles. The van der Waals surface area contributed by atoms with Crippen LogP contribution in [0.1, 0.15) is 43.2 Å². The molecular weight excluding hydrogens is 424 g/mol. The molecule has 2 bridgehead atoms. The molecule has 0 N–H and O–H groups in total. The number of fused-ring (bicyclic) bond motifs is 5. The smallest absolute Gasteiger partial charge is 0.242 e. The molecular formula is C28H40O2Si2. The predicted molar refractivity (Wildman–Crippen MR) is 139 cm³/mol. The van der Waals surface area contributed by atoms with Gasteiger partial charge in [0.1, 0.15) is 11.5 Å². The Labute approximate surface area is 197 Å². The van der Waals surface area contributed by atoms with Crippen LogP contribution in [0.5, 0.6) is 11.5 Å². The van der Waals surface area contributed by atoms with E-state index < -0.39 is 16.6 Å². The third-order valence-electron chi connectivity index (χ3n) is 8.11. The minimum absolute atomic E-state index is 0.144. The van der Waals surface area contributed by atoms with Crippen LogP contribution >= 0.6 is 0 Å². The maximum absolute atomic E-state index is 6.28. The summed E-state index contributed by atoms with van der Waals surface area (Å²) < 4.78 is 12.6. The van der Waals surface area contributed by atoms with Crippen molar-refractivity contribution in [3.05, 3.63) is 59.7 Å². The van der Waals surface area contributed by atoms with E-state index in [1.807, 2.05) is 0 Å². The van der Waals surface area contributed by atoms with Gasteiger partial charge in [-0.05, 0) is 124 Å². The van der Waals surface area contributed by atoms with Crippen LogP contribution in [0.15, 0.2) is 48.5 Å². The van der Waals surface area contributed by atoms with Crippen LogP contribution in [0.25, 0.3) is 0 Å². The Kier molecular flexibility index (Phi) is 5.41. The zero-order chi connectivity index (χ0) is 22.7. The van der Waals surface area contributed by atoms with E-state index in [-0.39, 0.29) is 5.41 Å². The summed E-state index contributed by atoms with van der Waals surface area (Å²) >= 11 is 0. The normalized spacial score (nSPS) is 28.6. The largest absolute Gasteiger partial charge is 0.544 e. The van der Waals surface area contributed by atoms with E-state index in [2.05, 4.69) is 87.8 Å². The number of hydrogen-bond donors (Lipinski definition) is 0. The SMILES string of the molecule is C[Si](C)(C)Oc1ccc(C2(c3ccc(O[Si](C)(C)C)cc3)CC3CC2C2CCCC32)cc1. The van der Waals surface area contributed by atoms with Crippen molar-refractivity contribution in [1.82, 2.24) is 0 Å². The van der Waals surface area contributed by atoms with Crippen LogP contribution in [-0.4, -0.2) is 16.6 Å². The van der Waals surface area contributed by atoms with Crippen molar-refractivity contribution < 1.29 is 8.85 Å². The quantitative estimate of drug-likeness (QED) is 0.405. The van der Waals surface area contributed by atoms with Gasteiger partial charge in [0.25, 0.3) is 0 Å². The van der Waals surface area contributed by atoms with Gasteiger partial charge in [0.15, 0.2) is 0 Å². The molecule has 2 aromatic rings. The molecule has 0 radical (unpaired) electrons. The molecule has 2 aromatic carbocycles. The van der Waals surface area contributed by atoms with Gasteiger partial charge in [-0.15, -0.1) is 0 Å². The average molecular weight is 465 g/mol. The standard InChI is InChI=1S/C28H40O2Si2/c1-31(2,3)29-23-14-10-21(11-15-23)28(19-20-18-27(28)26-9-7-8-25(20)26)22-12-16-24(17-13-22)30-32(4,5)6/h10-17,20,25-27H,7-9,18-19H2,1-6H3. The Balaban J connectivity index is 1.53. The van der Waals surface area contributed by atoms with Gasteiger partial charge in [0, 0.05) is 5.41 Å². The lowest BCUT2D eigenvalue weighted by Gasteiger charge is -2.44. The average Bonchev–Trinajstić information content (AvgIpc) is 3.39. The van der Waals surface area contributed by atoms with Crippen LogP contribution in [0, 0.1) is 23.7 Å². The van der Waals surface area contributed by atoms with Gasteiger partial charge in [-0.25, -0.2) is 0 Å². The first-order valence-electron chi connectivity index (χ1n) is 12.6. The highest BCUT2D eigenvalue weighted by Gasteiger charge is 2.61. The number of rotatable bonds is 6. The molecule has 2 nitrogen and oxygen atoms in total. The van der Waals surface area contributed by atoms with Gasteiger partial charge in [-0.1, -0.05) is 30.7 Å². The zero-order valence-electron chi connectivity index (χ0n) is 20.8. The van der Waals surface area contributed by atoms with E-state index in [0.29, 0.717) is 0 Å². The molecule has 0 aliphatic heterocycles. The minimum atomic E-state index is -1.60. The topological polar surface area (TPSA) is 18.5 Å². The van der Waals surface area contributed by atoms with Crippen molar-refractivity contribution in [3.63, 3.8) is 0 Å². The third kappa shape index (κ3) is 3.98. The van der Waals surface area contributed by atoms with Crippen molar-refractivity contribution in [3.8, 4) is 11.5 Å². The molecule has 0 spiro atoms. The van der Waals surface area contributed by atoms with Gasteiger partial charge < -0.3 is 8.85 Å². The van der Waals surface area contributed by atoms with Gasteiger partial charge in [0.2, 0.25) is 16.6 Å². The van der Waals surface area contributed by atoms with E-state index in [1.54, 1.807) is 0 Å². The van der Waals surface area contributed by atoms with Gasteiger partial charge in [0.05, 0.1) is 0 Å². The summed E-state index contributed by atoms with van der Waals surface area (Å²) in [7, 11) is -3.19. The first kappa shape index (κ1) is 22.3. The molecule has 3 aliphatic carbocycles. The molecule has 0 saturated heterocycles. The van der Waals surface area contributed by atoms with E-state index >= 15 is 0 Å². The Hall–Kier alpha value is -1.53. The fourth-order valence-corrected chi connectivity index (χ4v) is 9.01.